The Bertz CT molecular complexity index is 751. The third-order valence-corrected chi connectivity index (χ3v) is 6.90. The molecule has 1 aromatic rings. The van der Waals surface area contributed by atoms with E-state index in [-0.39, 0.29) is 23.3 Å². The van der Waals surface area contributed by atoms with Crippen molar-refractivity contribution in [2.24, 2.45) is 11.3 Å². The number of aryl methyl sites for hydroxylation is 2. The molecule has 152 valence electrons. The van der Waals surface area contributed by atoms with Crippen molar-refractivity contribution in [3.63, 3.8) is 0 Å². The van der Waals surface area contributed by atoms with Crippen molar-refractivity contribution in [2.75, 3.05) is 44.7 Å². The van der Waals surface area contributed by atoms with Crippen LogP contribution in [0, 0.1) is 25.2 Å². The average molecular weight is 386 g/mol. The molecule has 1 atom stereocenters. The highest BCUT2D eigenvalue weighted by Crippen LogP contribution is 2.45. The number of likely N-dealkylation sites (tertiary alicyclic amines) is 2. The lowest BCUT2D eigenvalue weighted by molar-refractivity contribution is -0.139. The Hall–Kier alpha value is -2.08. The van der Waals surface area contributed by atoms with Crippen LogP contribution >= 0.6 is 0 Å². The van der Waals surface area contributed by atoms with Gasteiger partial charge in [-0.15, -0.1) is 0 Å². The van der Waals surface area contributed by atoms with Crippen molar-refractivity contribution in [3.8, 4) is 0 Å². The summed E-state index contributed by atoms with van der Waals surface area (Å²) >= 11 is 0. The van der Waals surface area contributed by atoms with E-state index in [0.717, 1.165) is 50.0 Å². The molecule has 0 unspecified atom stereocenters. The quantitative estimate of drug-likeness (QED) is 0.850. The highest BCUT2D eigenvalue weighted by atomic mass is 16.5. The second-order valence-electron chi connectivity index (χ2n) is 8.67. The van der Waals surface area contributed by atoms with Crippen molar-refractivity contribution < 1.29 is 14.3 Å². The van der Waals surface area contributed by atoms with Gasteiger partial charge in [-0.3, -0.25) is 4.79 Å². The van der Waals surface area contributed by atoms with E-state index in [1.165, 1.54) is 5.56 Å². The zero-order valence-corrected chi connectivity index (χ0v) is 17.0. The van der Waals surface area contributed by atoms with Crippen LogP contribution in [0.3, 0.4) is 0 Å². The topological polar surface area (TPSA) is 61.9 Å². The lowest BCUT2D eigenvalue weighted by Crippen LogP contribution is -2.45. The predicted octanol–water partition coefficient (Wildman–Crippen LogP) is 3.19. The molecule has 3 saturated heterocycles. The van der Waals surface area contributed by atoms with E-state index in [4.69, 9.17) is 4.74 Å². The maximum absolute atomic E-state index is 13.3. The van der Waals surface area contributed by atoms with Gasteiger partial charge in [0, 0.05) is 50.5 Å². The minimum Gasteiger partial charge on any atom is -0.381 e. The Morgan fingerprint density at radius 2 is 1.79 bits per heavy atom. The summed E-state index contributed by atoms with van der Waals surface area (Å²) in [7, 11) is 0. The highest BCUT2D eigenvalue weighted by Gasteiger charge is 2.52. The molecule has 3 fully saturated rings. The van der Waals surface area contributed by atoms with E-state index in [1.807, 2.05) is 34.9 Å². The van der Waals surface area contributed by atoms with Gasteiger partial charge in [0.25, 0.3) is 0 Å². The second-order valence-corrected chi connectivity index (χ2v) is 8.67. The monoisotopic (exact) mass is 385 g/mol. The number of hydrogen-bond donors (Lipinski definition) is 1. The Balaban J connectivity index is 1.50. The number of benzene rings is 1. The van der Waals surface area contributed by atoms with Crippen molar-refractivity contribution in [3.05, 3.63) is 29.3 Å². The fourth-order valence-electron chi connectivity index (χ4n) is 4.93. The smallest absolute Gasteiger partial charge is 0.321 e. The number of carbonyl (C=O) groups excluding carboxylic acids is 2. The number of amides is 3. The fourth-order valence-corrected chi connectivity index (χ4v) is 4.93. The standard InChI is InChI=1S/C22H31N3O3/c1-16-5-6-18(13-17(16)2)23-21(27)25-14-19(20(26)24-9-3-4-10-24)22(15-25)7-11-28-12-8-22/h5-6,13,19H,3-4,7-12,14-15H2,1-2H3,(H,23,27)/t19-/m0/s1. The zero-order valence-electron chi connectivity index (χ0n) is 17.0. The summed E-state index contributed by atoms with van der Waals surface area (Å²) in [6.45, 7) is 8.32. The van der Waals surface area contributed by atoms with E-state index in [1.54, 1.807) is 0 Å². The Kier molecular flexibility index (Phi) is 5.32. The first kappa shape index (κ1) is 19.2. The van der Waals surface area contributed by atoms with Crippen LogP contribution in [0.4, 0.5) is 10.5 Å². The summed E-state index contributed by atoms with van der Waals surface area (Å²) in [6, 6.07) is 5.85. The summed E-state index contributed by atoms with van der Waals surface area (Å²) < 4.78 is 5.58. The van der Waals surface area contributed by atoms with E-state index >= 15 is 0 Å². The molecule has 6 nitrogen and oxygen atoms in total. The zero-order chi connectivity index (χ0) is 19.7. The molecule has 28 heavy (non-hydrogen) atoms. The summed E-state index contributed by atoms with van der Waals surface area (Å²) in [4.78, 5) is 30.1. The van der Waals surface area contributed by atoms with E-state index in [2.05, 4.69) is 12.2 Å². The SMILES string of the molecule is Cc1ccc(NC(=O)N2C[C@@H](C(=O)N3CCCC3)C3(CCOCC3)C2)cc1C. The van der Waals surface area contributed by atoms with Crippen molar-refractivity contribution >= 4 is 17.6 Å². The Morgan fingerprint density at radius 1 is 1.07 bits per heavy atom. The Labute approximate surface area is 167 Å². The molecule has 1 N–H and O–H groups in total. The normalized spacial score (nSPS) is 24.0. The van der Waals surface area contributed by atoms with Crippen LogP contribution in [0.25, 0.3) is 0 Å². The highest BCUT2D eigenvalue weighted by molar-refractivity contribution is 5.91. The maximum atomic E-state index is 13.3. The van der Waals surface area contributed by atoms with Gasteiger partial charge >= 0.3 is 6.03 Å². The van der Waals surface area contributed by atoms with E-state index < -0.39 is 0 Å². The van der Waals surface area contributed by atoms with Gasteiger partial charge in [-0.25, -0.2) is 4.79 Å². The molecule has 3 aliphatic heterocycles. The predicted molar refractivity (Wildman–Crippen MR) is 108 cm³/mol. The van der Waals surface area contributed by atoms with E-state index in [0.29, 0.717) is 26.3 Å². The second kappa shape index (κ2) is 7.74. The first-order valence-electron chi connectivity index (χ1n) is 10.5. The summed E-state index contributed by atoms with van der Waals surface area (Å²) in [5.74, 6) is 0.126. The number of nitrogens with zero attached hydrogens (tertiary/aromatic N) is 2. The van der Waals surface area contributed by atoms with Gasteiger partial charge in [0.1, 0.15) is 0 Å². The van der Waals surface area contributed by atoms with Crippen LogP contribution in [-0.4, -0.2) is 61.1 Å². The molecule has 3 amide bonds. The first-order chi connectivity index (χ1) is 13.5. The minimum atomic E-state index is -0.140. The molecule has 1 aromatic carbocycles. The van der Waals surface area contributed by atoms with Gasteiger partial charge in [-0.2, -0.15) is 0 Å². The summed E-state index contributed by atoms with van der Waals surface area (Å²) in [5, 5.41) is 3.03. The number of urea groups is 1. The number of ether oxygens (including phenoxy) is 1. The van der Waals surface area contributed by atoms with Crippen LogP contribution in [0.15, 0.2) is 18.2 Å². The molecule has 3 aliphatic rings. The lowest BCUT2D eigenvalue weighted by atomic mass is 9.71. The molecule has 3 heterocycles. The number of nitrogens with one attached hydrogen (secondary N) is 1. The molecular weight excluding hydrogens is 354 g/mol. The van der Waals surface area contributed by atoms with Gasteiger partial charge in [0.2, 0.25) is 5.91 Å². The third-order valence-electron chi connectivity index (χ3n) is 6.90. The number of hydrogen-bond acceptors (Lipinski definition) is 3. The number of carbonyl (C=O) groups is 2. The van der Waals surface area contributed by atoms with Crippen LogP contribution in [0.2, 0.25) is 0 Å². The molecule has 1 spiro atoms. The van der Waals surface area contributed by atoms with Crippen LogP contribution in [0.5, 0.6) is 0 Å². The average Bonchev–Trinajstić information content (AvgIpc) is 3.34. The van der Waals surface area contributed by atoms with Crippen LogP contribution in [-0.2, 0) is 9.53 Å². The molecule has 4 rings (SSSR count). The third kappa shape index (κ3) is 3.62. The number of anilines is 1. The molecular formula is C22H31N3O3. The van der Waals surface area contributed by atoms with Gasteiger partial charge in [0.05, 0.1) is 5.92 Å². The lowest BCUT2D eigenvalue weighted by Gasteiger charge is -2.38. The molecule has 6 heteroatoms. The van der Waals surface area contributed by atoms with Crippen molar-refractivity contribution in [1.29, 1.82) is 0 Å². The minimum absolute atomic E-state index is 0.106. The van der Waals surface area contributed by atoms with E-state index in [9.17, 15) is 9.59 Å². The van der Waals surface area contributed by atoms with Crippen molar-refractivity contribution in [2.45, 2.75) is 39.5 Å². The number of rotatable bonds is 2. The molecule has 0 bridgehead atoms. The maximum Gasteiger partial charge on any atom is 0.321 e. The largest absolute Gasteiger partial charge is 0.381 e. The molecule has 0 saturated carbocycles. The van der Waals surface area contributed by atoms with Gasteiger partial charge in [-0.1, -0.05) is 6.07 Å². The van der Waals surface area contributed by atoms with Crippen LogP contribution < -0.4 is 5.32 Å². The van der Waals surface area contributed by atoms with Gasteiger partial charge < -0.3 is 19.9 Å². The van der Waals surface area contributed by atoms with Crippen molar-refractivity contribution in [1.82, 2.24) is 9.80 Å². The summed E-state index contributed by atoms with van der Waals surface area (Å²) in [5.41, 5.74) is 3.03. The van der Waals surface area contributed by atoms with Gasteiger partial charge in [0.15, 0.2) is 0 Å². The summed E-state index contributed by atoms with van der Waals surface area (Å²) in [6.07, 6.45) is 3.88. The van der Waals surface area contributed by atoms with Crippen LogP contribution in [0.1, 0.15) is 36.8 Å². The fraction of sp³-hybridized carbons (Fsp3) is 0.636. The molecule has 0 aromatic heterocycles. The van der Waals surface area contributed by atoms with Gasteiger partial charge in [-0.05, 0) is 62.8 Å². The Morgan fingerprint density at radius 3 is 2.46 bits per heavy atom. The molecule has 0 radical (unpaired) electrons. The first-order valence-corrected chi connectivity index (χ1v) is 10.5. The molecule has 0 aliphatic carbocycles.